The number of esters is 1. The Hall–Kier alpha value is -0.770. The summed E-state index contributed by atoms with van der Waals surface area (Å²) >= 11 is 11.8. The van der Waals surface area contributed by atoms with E-state index in [1.807, 2.05) is 0 Å². The van der Waals surface area contributed by atoms with E-state index in [-0.39, 0.29) is 12.4 Å². The van der Waals surface area contributed by atoms with E-state index in [2.05, 4.69) is 4.74 Å². The van der Waals surface area contributed by atoms with Crippen LogP contribution in [0, 0.1) is 0 Å². The maximum Gasteiger partial charge on any atom is 0.307 e. The fourth-order valence-electron chi connectivity index (χ4n) is 1.18. The number of halogens is 2. The van der Waals surface area contributed by atoms with Crippen molar-refractivity contribution in [2.45, 2.75) is 12.5 Å². The molecule has 5 heteroatoms. The molecule has 0 saturated heterocycles. The van der Waals surface area contributed by atoms with E-state index in [4.69, 9.17) is 28.9 Å². The van der Waals surface area contributed by atoms with Crippen LogP contribution < -0.4 is 5.73 Å². The first kappa shape index (κ1) is 12.3. The Morgan fingerprint density at radius 1 is 1.53 bits per heavy atom. The molecule has 0 aliphatic carbocycles. The van der Waals surface area contributed by atoms with Crippen LogP contribution in [0.15, 0.2) is 18.2 Å². The minimum absolute atomic E-state index is 0.0799. The molecule has 1 unspecified atom stereocenters. The summed E-state index contributed by atoms with van der Waals surface area (Å²) in [7, 11) is 1.31. The fraction of sp³-hybridized carbons (Fsp3) is 0.300. The van der Waals surface area contributed by atoms with Gasteiger partial charge in [-0.2, -0.15) is 0 Å². The Bertz CT molecular complexity index is 368. The first-order valence-electron chi connectivity index (χ1n) is 4.32. The molecule has 2 N–H and O–H groups in total. The second kappa shape index (κ2) is 5.35. The predicted octanol–water partition coefficient (Wildman–Crippen LogP) is 2.56. The summed E-state index contributed by atoms with van der Waals surface area (Å²) in [6.45, 7) is 0. The molecule has 0 bridgehead atoms. The molecular weight excluding hydrogens is 237 g/mol. The molecule has 1 rings (SSSR count). The lowest BCUT2D eigenvalue weighted by Gasteiger charge is -2.12. The quantitative estimate of drug-likeness (QED) is 0.836. The van der Waals surface area contributed by atoms with E-state index in [0.29, 0.717) is 15.6 Å². The third-order valence-electron chi connectivity index (χ3n) is 2.00. The SMILES string of the molecule is COC(=O)CC(N)c1cccc(Cl)c1Cl. The molecular formula is C10H11Cl2NO2. The number of carbonyl (C=O) groups excluding carboxylic acids is 1. The number of hydrogen-bond donors (Lipinski definition) is 1. The summed E-state index contributed by atoms with van der Waals surface area (Å²) < 4.78 is 4.52. The molecule has 3 nitrogen and oxygen atoms in total. The van der Waals surface area contributed by atoms with Crippen molar-refractivity contribution in [1.82, 2.24) is 0 Å². The number of methoxy groups -OCH3 is 1. The highest BCUT2D eigenvalue weighted by molar-refractivity contribution is 6.42. The van der Waals surface area contributed by atoms with Crippen molar-refractivity contribution in [3.8, 4) is 0 Å². The van der Waals surface area contributed by atoms with Crippen molar-refractivity contribution in [2.75, 3.05) is 7.11 Å². The zero-order chi connectivity index (χ0) is 11.4. The number of rotatable bonds is 3. The monoisotopic (exact) mass is 247 g/mol. The summed E-state index contributed by atoms with van der Waals surface area (Å²) in [6, 6.07) is 4.64. The van der Waals surface area contributed by atoms with Crippen LogP contribution >= 0.6 is 23.2 Å². The Morgan fingerprint density at radius 2 is 2.20 bits per heavy atom. The Labute approximate surface area is 98.1 Å². The molecule has 0 aliphatic rings. The standard InChI is InChI=1S/C10H11Cl2NO2/c1-15-9(14)5-8(13)6-3-2-4-7(11)10(6)12/h2-4,8H,5,13H2,1H3. The first-order valence-corrected chi connectivity index (χ1v) is 5.08. The molecule has 82 valence electrons. The van der Waals surface area contributed by atoms with E-state index in [1.165, 1.54) is 7.11 Å². The average Bonchev–Trinajstić information content (AvgIpc) is 2.21. The summed E-state index contributed by atoms with van der Waals surface area (Å²) in [5, 5.41) is 0.810. The van der Waals surface area contributed by atoms with Gasteiger partial charge < -0.3 is 10.5 Å². The zero-order valence-electron chi connectivity index (χ0n) is 8.17. The number of nitrogens with two attached hydrogens (primary N) is 1. The molecule has 0 radical (unpaired) electrons. The summed E-state index contributed by atoms with van der Waals surface area (Å²) in [5.41, 5.74) is 6.45. The third-order valence-corrected chi connectivity index (χ3v) is 2.83. The van der Waals surface area contributed by atoms with Gasteiger partial charge in [-0.05, 0) is 11.6 Å². The molecule has 1 aromatic carbocycles. The second-order valence-electron chi connectivity index (χ2n) is 3.03. The maximum absolute atomic E-state index is 11.0. The maximum atomic E-state index is 11.0. The Kier molecular flexibility index (Phi) is 4.39. The van der Waals surface area contributed by atoms with Crippen LogP contribution in [0.1, 0.15) is 18.0 Å². The zero-order valence-corrected chi connectivity index (χ0v) is 9.68. The van der Waals surface area contributed by atoms with Gasteiger partial charge in [-0.15, -0.1) is 0 Å². The highest BCUT2D eigenvalue weighted by Crippen LogP contribution is 2.30. The number of ether oxygens (including phenoxy) is 1. The lowest BCUT2D eigenvalue weighted by Crippen LogP contribution is -2.16. The number of carbonyl (C=O) groups is 1. The van der Waals surface area contributed by atoms with E-state index >= 15 is 0 Å². The minimum Gasteiger partial charge on any atom is -0.469 e. The number of hydrogen-bond acceptors (Lipinski definition) is 3. The lowest BCUT2D eigenvalue weighted by atomic mass is 10.0. The lowest BCUT2D eigenvalue weighted by molar-refractivity contribution is -0.141. The van der Waals surface area contributed by atoms with Crippen molar-refractivity contribution in [2.24, 2.45) is 5.73 Å². The molecule has 0 amide bonds. The van der Waals surface area contributed by atoms with E-state index < -0.39 is 6.04 Å². The molecule has 0 spiro atoms. The van der Waals surface area contributed by atoms with Gasteiger partial charge in [-0.3, -0.25) is 4.79 Å². The van der Waals surface area contributed by atoms with Gasteiger partial charge in [-0.1, -0.05) is 35.3 Å². The molecule has 0 saturated carbocycles. The van der Waals surface area contributed by atoms with Gasteiger partial charge in [0, 0.05) is 6.04 Å². The molecule has 1 atom stereocenters. The van der Waals surface area contributed by atoms with Gasteiger partial charge >= 0.3 is 5.97 Å². The highest BCUT2D eigenvalue weighted by Gasteiger charge is 2.15. The van der Waals surface area contributed by atoms with Crippen LogP contribution in [0.4, 0.5) is 0 Å². The van der Waals surface area contributed by atoms with E-state index in [0.717, 1.165) is 0 Å². The molecule has 0 fully saturated rings. The van der Waals surface area contributed by atoms with Gasteiger partial charge in [-0.25, -0.2) is 0 Å². The summed E-state index contributed by atoms with van der Waals surface area (Å²) in [4.78, 5) is 11.0. The van der Waals surface area contributed by atoms with Crippen molar-refractivity contribution < 1.29 is 9.53 Å². The van der Waals surface area contributed by atoms with Crippen molar-refractivity contribution in [1.29, 1.82) is 0 Å². The van der Waals surface area contributed by atoms with E-state index in [1.54, 1.807) is 18.2 Å². The Balaban J connectivity index is 2.86. The first-order chi connectivity index (χ1) is 7.06. The van der Waals surface area contributed by atoms with Crippen molar-refractivity contribution in [3.63, 3.8) is 0 Å². The van der Waals surface area contributed by atoms with Gasteiger partial charge in [0.1, 0.15) is 0 Å². The molecule has 0 heterocycles. The third kappa shape index (κ3) is 3.09. The van der Waals surface area contributed by atoms with Crippen LogP contribution in [0.2, 0.25) is 10.0 Å². The van der Waals surface area contributed by atoms with Crippen LogP contribution in [0.3, 0.4) is 0 Å². The fourth-order valence-corrected chi connectivity index (χ4v) is 1.63. The normalized spacial score (nSPS) is 12.3. The Morgan fingerprint density at radius 3 is 2.80 bits per heavy atom. The van der Waals surface area contributed by atoms with Gasteiger partial charge in [0.2, 0.25) is 0 Å². The van der Waals surface area contributed by atoms with Crippen LogP contribution in [0.5, 0.6) is 0 Å². The number of benzene rings is 1. The van der Waals surface area contributed by atoms with Crippen LogP contribution in [-0.4, -0.2) is 13.1 Å². The van der Waals surface area contributed by atoms with Crippen LogP contribution in [0.25, 0.3) is 0 Å². The van der Waals surface area contributed by atoms with Crippen molar-refractivity contribution in [3.05, 3.63) is 33.8 Å². The largest absolute Gasteiger partial charge is 0.469 e. The van der Waals surface area contributed by atoms with Gasteiger partial charge in [0.15, 0.2) is 0 Å². The summed E-state index contributed by atoms with van der Waals surface area (Å²) in [6.07, 6.45) is 0.0799. The van der Waals surface area contributed by atoms with E-state index in [9.17, 15) is 4.79 Å². The highest BCUT2D eigenvalue weighted by atomic mass is 35.5. The van der Waals surface area contributed by atoms with Gasteiger partial charge in [0.25, 0.3) is 0 Å². The topological polar surface area (TPSA) is 52.3 Å². The van der Waals surface area contributed by atoms with Crippen LogP contribution in [-0.2, 0) is 9.53 Å². The molecule has 0 aliphatic heterocycles. The smallest absolute Gasteiger partial charge is 0.307 e. The van der Waals surface area contributed by atoms with Gasteiger partial charge in [0.05, 0.1) is 23.6 Å². The molecule has 15 heavy (non-hydrogen) atoms. The minimum atomic E-state index is -0.497. The molecule has 1 aromatic rings. The van der Waals surface area contributed by atoms with Crippen molar-refractivity contribution >= 4 is 29.2 Å². The predicted molar refractivity (Wildman–Crippen MR) is 60.0 cm³/mol. The average molecular weight is 248 g/mol. The molecule has 0 aromatic heterocycles. The second-order valence-corrected chi connectivity index (χ2v) is 3.81. The summed E-state index contributed by atoms with van der Waals surface area (Å²) in [5.74, 6) is -0.376.